The van der Waals surface area contributed by atoms with Crippen molar-refractivity contribution in [1.29, 1.82) is 5.41 Å². The zero-order valence-electron chi connectivity index (χ0n) is 12.4. The quantitative estimate of drug-likeness (QED) is 0.386. The van der Waals surface area contributed by atoms with Crippen molar-refractivity contribution in [2.45, 2.75) is 33.1 Å². The first-order chi connectivity index (χ1) is 10.1. The molecule has 110 valence electrons. The summed E-state index contributed by atoms with van der Waals surface area (Å²) < 4.78 is 5.37. The van der Waals surface area contributed by atoms with Gasteiger partial charge in [-0.25, -0.2) is 4.79 Å². The Morgan fingerprint density at radius 2 is 1.95 bits per heavy atom. The minimum absolute atomic E-state index is 0.305. The molecule has 1 aromatic rings. The third-order valence-electron chi connectivity index (χ3n) is 3.30. The number of aryl methyl sites for hydroxylation is 1. The van der Waals surface area contributed by atoms with E-state index in [0.717, 1.165) is 12.1 Å². The number of hydrogen-bond acceptors (Lipinski definition) is 3. The second-order valence-corrected chi connectivity index (χ2v) is 5.02. The van der Waals surface area contributed by atoms with E-state index in [1.807, 2.05) is 30.3 Å². The average Bonchev–Trinajstić information content (AvgIpc) is 2.48. The summed E-state index contributed by atoms with van der Waals surface area (Å²) in [6, 6.07) is 7.57. The van der Waals surface area contributed by atoms with E-state index in [9.17, 15) is 4.79 Å². The lowest BCUT2D eigenvalue weighted by molar-refractivity contribution is -0.130. The van der Waals surface area contributed by atoms with Gasteiger partial charge < -0.3 is 10.1 Å². The molecule has 0 unspecified atom stereocenters. The maximum absolute atomic E-state index is 12.1. The molecule has 0 fully saturated rings. The van der Waals surface area contributed by atoms with Crippen LogP contribution in [0.2, 0.25) is 0 Å². The molecule has 0 radical (unpaired) electrons. The number of ether oxygens (including phenoxy) is 1. The first-order valence-electron chi connectivity index (χ1n) is 7.11. The molecule has 0 bridgehead atoms. The first-order valence-corrected chi connectivity index (χ1v) is 7.11. The van der Waals surface area contributed by atoms with Crippen molar-refractivity contribution in [2.24, 2.45) is 0 Å². The van der Waals surface area contributed by atoms with Crippen LogP contribution >= 0.6 is 0 Å². The van der Waals surface area contributed by atoms with Crippen LogP contribution in [0.25, 0.3) is 0 Å². The zero-order valence-corrected chi connectivity index (χ0v) is 12.4. The van der Waals surface area contributed by atoms with Crippen LogP contribution in [0.15, 0.2) is 47.7 Å². The number of rotatable bonds is 4. The highest BCUT2D eigenvalue weighted by Gasteiger charge is 2.15. The predicted molar refractivity (Wildman–Crippen MR) is 83.4 cm³/mol. The van der Waals surface area contributed by atoms with E-state index in [1.165, 1.54) is 5.56 Å². The Morgan fingerprint density at radius 3 is 2.48 bits per heavy atom. The lowest BCUT2D eigenvalue weighted by Gasteiger charge is -2.15. The van der Waals surface area contributed by atoms with E-state index in [2.05, 4.69) is 12.2 Å². The molecule has 1 aliphatic carbocycles. The Morgan fingerprint density at radius 1 is 1.24 bits per heavy atom. The molecule has 0 aromatic heterocycles. The van der Waals surface area contributed by atoms with Gasteiger partial charge in [-0.3, -0.25) is 5.41 Å². The molecule has 4 nitrogen and oxygen atoms in total. The summed E-state index contributed by atoms with van der Waals surface area (Å²) in [5.74, 6) is 0.666. The van der Waals surface area contributed by atoms with E-state index in [4.69, 9.17) is 10.1 Å². The molecule has 0 atom stereocenters. The van der Waals surface area contributed by atoms with Gasteiger partial charge in [0.05, 0.1) is 5.84 Å². The molecule has 0 spiro atoms. The highest BCUT2D eigenvalue weighted by Crippen LogP contribution is 2.20. The number of nitrogens with one attached hydrogen (secondary N) is 2. The van der Waals surface area contributed by atoms with Gasteiger partial charge in [-0.2, -0.15) is 0 Å². The van der Waals surface area contributed by atoms with Gasteiger partial charge in [-0.1, -0.05) is 25.1 Å². The van der Waals surface area contributed by atoms with Gasteiger partial charge in [0.15, 0.2) is 0 Å². The molecule has 1 aliphatic rings. The number of hydrogen-bond donors (Lipinski definition) is 2. The Labute approximate surface area is 125 Å². The number of amidine groups is 1. The third kappa shape index (κ3) is 4.31. The Bertz CT molecular complexity index is 598. The van der Waals surface area contributed by atoms with Gasteiger partial charge in [0.2, 0.25) is 0 Å². The Kier molecular flexibility index (Phi) is 4.93. The lowest BCUT2D eigenvalue weighted by atomic mass is 10.0. The highest BCUT2D eigenvalue weighted by molar-refractivity contribution is 5.91. The molecule has 1 aromatic carbocycles. The average molecular weight is 284 g/mol. The molecule has 21 heavy (non-hydrogen) atoms. The predicted octanol–water partition coefficient (Wildman–Crippen LogP) is 3.35. The van der Waals surface area contributed by atoms with Crippen LogP contribution in [-0.4, -0.2) is 11.8 Å². The monoisotopic (exact) mass is 284 g/mol. The van der Waals surface area contributed by atoms with E-state index >= 15 is 0 Å². The summed E-state index contributed by atoms with van der Waals surface area (Å²) in [6.45, 7) is 3.77. The number of carbonyl (C=O) groups excluding carboxylic acids is 1. The summed E-state index contributed by atoms with van der Waals surface area (Å²) in [4.78, 5) is 12.1. The fraction of sp³-hybridized carbons (Fsp3) is 0.294. The molecule has 0 saturated heterocycles. The summed E-state index contributed by atoms with van der Waals surface area (Å²) >= 11 is 0. The van der Waals surface area contributed by atoms with Crippen molar-refractivity contribution in [3.05, 3.63) is 53.3 Å². The zero-order chi connectivity index (χ0) is 15.2. The summed E-state index contributed by atoms with van der Waals surface area (Å²) in [5.41, 5.74) is 2.82. The van der Waals surface area contributed by atoms with Crippen molar-refractivity contribution in [1.82, 2.24) is 5.32 Å². The standard InChI is InChI=1S/C17H20N2O2/c1-3-13-4-10-16(11-5-13)21-17(20)14-6-8-15(9-7-14)19-12(2)18/h4-6,8,10-11H,3,7,9H2,1-2H3,(H2,18,19). The van der Waals surface area contributed by atoms with Crippen LogP contribution in [0, 0.1) is 5.41 Å². The number of benzene rings is 1. The molecule has 0 amide bonds. The van der Waals surface area contributed by atoms with Crippen LogP contribution in [0.5, 0.6) is 5.75 Å². The van der Waals surface area contributed by atoms with Crippen molar-refractivity contribution in [2.75, 3.05) is 0 Å². The fourth-order valence-corrected chi connectivity index (χ4v) is 2.12. The highest BCUT2D eigenvalue weighted by atomic mass is 16.5. The van der Waals surface area contributed by atoms with Gasteiger partial charge in [-0.05, 0) is 50.0 Å². The molecule has 2 rings (SSSR count). The Hall–Kier alpha value is -2.36. The molecular formula is C17H20N2O2. The SMILES string of the molecule is CCc1ccc(OC(=O)C2=CC=C(NC(C)=N)CC2)cc1. The van der Waals surface area contributed by atoms with Crippen LogP contribution in [-0.2, 0) is 11.2 Å². The van der Waals surface area contributed by atoms with Gasteiger partial charge >= 0.3 is 5.97 Å². The summed E-state index contributed by atoms with van der Waals surface area (Å²) in [5, 5.41) is 10.3. The van der Waals surface area contributed by atoms with Gasteiger partial charge in [0, 0.05) is 11.3 Å². The van der Waals surface area contributed by atoms with E-state index in [-0.39, 0.29) is 5.97 Å². The van der Waals surface area contributed by atoms with Gasteiger partial charge in [-0.15, -0.1) is 0 Å². The minimum Gasteiger partial charge on any atom is -0.423 e. The topological polar surface area (TPSA) is 62.2 Å². The maximum atomic E-state index is 12.1. The van der Waals surface area contributed by atoms with Crippen molar-refractivity contribution < 1.29 is 9.53 Å². The molecule has 4 heteroatoms. The van der Waals surface area contributed by atoms with E-state index in [0.29, 0.717) is 30.0 Å². The van der Waals surface area contributed by atoms with Crippen molar-refractivity contribution in [3.63, 3.8) is 0 Å². The first kappa shape index (κ1) is 15.0. The minimum atomic E-state index is -0.305. The summed E-state index contributed by atoms with van der Waals surface area (Å²) in [6.07, 6.45) is 5.89. The number of esters is 1. The van der Waals surface area contributed by atoms with Crippen LogP contribution in [0.4, 0.5) is 0 Å². The smallest absolute Gasteiger partial charge is 0.339 e. The van der Waals surface area contributed by atoms with Crippen LogP contribution in [0.3, 0.4) is 0 Å². The normalized spacial score (nSPS) is 14.0. The summed E-state index contributed by atoms with van der Waals surface area (Å²) in [7, 11) is 0. The lowest BCUT2D eigenvalue weighted by Crippen LogP contribution is -2.21. The fourth-order valence-electron chi connectivity index (χ4n) is 2.12. The Balaban J connectivity index is 1.98. The van der Waals surface area contributed by atoms with Crippen LogP contribution < -0.4 is 10.1 Å². The van der Waals surface area contributed by atoms with Crippen molar-refractivity contribution in [3.8, 4) is 5.75 Å². The number of carbonyl (C=O) groups is 1. The molecule has 0 saturated carbocycles. The van der Waals surface area contributed by atoms with E-state index in [1.54, 1.807) is 13.0 Å². The van der Waals surface area contributed by atoms with Gasteiger partial charge in [0.25, 0.3) is 0 Å². The molecular weight excluding hydrogens is 264 g/mol. The van der Waals surface area contributed by atoms with Gasteiger partial charge in [0.1, 0.15) is 5.75 Å². The second-order valence-electron chi connectivity index (χ2n) is 5.02. The molecule has 0 aliphatic heterocycles. The second kappa shape index (κ2) is 6.88. The third-order valence-corrected chi connectivity index (χ3v) is 3.30. The molecule has 2 N–H and O–H groups in total. The number of allylic oxidation sites excluding steroid dienone is 3. The largest absolute Gasteiger partial charge is 0.423 e. The maximum Gasteiger partial charge on any atom is 0.339 e. The van der Waals surface area contributed by atoms with Crippen molar-refractivity contribution >= 4 is 11.8 Å². The molecule has 0 heterocycles. The van der Waals surface area contributed by atoms with Crippen LogP contribution in [0.1, 0.15) is 32.3 Å². The van der Waals surface area contributed by atoms with E-state index < -0.39 is 0 Å².